The maximum Gasteiger partial charge on any atom is 0.118 e. The summed E-state index contributed by atoms with van der Waals surface area (Å²) < 4.78 is 5.09. The summed E-state index contributed by atoms with van der Waals surface area (Å²) in [6, 6.07) is 8.11. The van der Waals surface area contributed by atoms with Crippen molar-refractivity contribution in [3.63, 3.8) is 0 Å². The molecule has 0 fully saturated rings. The minimum Gasteiger partial charge on any atom is -0.497 e. The van der Waals surface area contributed by atoms with E-state index in [2.05, 4.69) is 10.4 Å². The molecule has 0 aliphatic carbocycles. The Hall–Kier alpha value is -1.55. The highest BCUT2D eigenvalue weighted by Crippen LogP contribution is 2.11. The maximum atomic E-state index is 5.42. The van der Waals surface area contributed by atoms with Gasteiger partial charge in [-0.15, -0.1) is 0 Å². The summed E-state index contributed by atoms with van der Waals surface area (Å²) in [5.74, 6) is 7.06. The van der Waals surface area contributed by atoms with Gasteiger partial charge in [-0.1, -0.05) is 12.1 Å². The summed E-state index contributed by atoms with van der Waals surface area (Å²) in [5.41, 5.74) is 3.78. The van der Waals surface area contributed by atoms with E-state index in [4.69, 9.17) is 10.6 Å². The van der Waals surface area contributed by atoms with Gasteiger partial charge in [0.05, 0.1) is 7.11 Å². The van der Waals surface area contributed by atoms with E-state index in [-0.39, 0.29) is 6.04 Å². The Morgan fingerprint density at radius 2 is 2.00 bits per heavy atom. The average molecular weight is 221 g/mol. The van der Waals surface area contributed by atoms with Gasteiger partial charge in [0, 0.05) is 12.5 Å². The van der Waals surface area contributed by atoms with E-state index in [1.807, 2.05) is 38.1 Å². The predicted octanol–water partition coefficient (Wildman–Crippen LogP) is 1.51. The van der Waals surface area contributed by atoms with Gasteiger partial charge in [-0.05, 0) is 31.5 Å². The van der Waals surface area contributed by atoms with Crippen LogP contribution in [0.5, 0.6) is 5.75 Å². The molecule has 16 heavy (non-hydrogen) atoms. The highest BCUT2D eigenvalue weighted by Gasteiger charge is 2.01. The molecule has 0 saturated carbocycles. The molecule has 1 aromatic carbocycles. The second-order valence-electron chi connectivity index (χ2n) is 3.84. The number of rotatable bonds is 4. The molecule has 0 unspecified atom stereocenters. The first-order valence-corrected chi connectivity index (χ1v) is 5.32. The van der Waals surface area contributed by atoms with Crippen molar-refractivity contribution < 1.29 is 4.74 Å². The summed E-state index contributed by atoms with van der Waals surface area (Å²) in [5, 5.41) is 0. The van der Waals surface area contributed by atoms with E-state index in [0.717, 1.165) is 17.1 Å². The zero-order valence-corrected chi connectivity index (χ0v) is 10.0. The van der Waals surface area contributed by atoms with Crippen molar-refractivity contribution in [1.29, 1.82) is 0 Å². The van der Waals surface area contributed by atoms with Crippen LogP contribution in [0.4, 0.5) is 0 Å². The molecule has 0 spiro atoms. The molecule has 1 rings (SSSR count). The lowest BCUT2D eigenvalue weighted by Gasteiger charge is -2.08. The van der Waals surface area contributed by atoms with Crippen LogP contribution < -0.4 is 16.0 Å². The van der Waals surface area contributed by atoms with Gasteiger partial charge >= 0.3 is 0 Å². The van der Waals surface area contributed by atoms with E-state index in [0.29, 0.717) is 6.42 Å². The van der Waals surface area contributed by atoms with Gasteiger partial charge in [0.2, 0.25) is 0 Å². The Morgan fingerprint density at radius 3 is 2.44 bits per heavy atom. The first kappa shape index (κ1) is 12.5. The lowest BCUT2D eigenvalue weighted by molar-refractivity contribution is 0.414. The van der Waals surface area contributed by atoms with Crippen LogP contribution in [0.2, 0.25) is 0 Å². The quantitative estimate of drug-likeness (QED) is 0.350. The number of methoxy groups -OCH3 is 1. The predicted molar refractivity (Wildman–Crippen MR) is 66.6 cm³/mol. The molecule has 0 aliphatic heterocycles. The van der Waals surface area contributed by atoms with Crippen molar-refractivity contribution in [3.8, 4) is 5.75 Å². The number of aliphatic imine (C=N–C) groups is 1. The van der Waals surface area contributed by atoms with Gasteiger partial charge in [0.15, 0.2) is 0 Å². The number of nitrogens with two attached hydrogens (primary N) is 1. The second kappa shape index (κ2) is 6.12. The summed E-state index contributed by atoms with van der Waals surface area (Å²) in [4.78, 5) is 4.38. The molecule has 0 amide bonds. The smallest absolute Gasteiger partial charge is 0.118 e. The fourth-order valence-corrected chi connectivity index (χ4v) is 1.38. The third-order valence-electron chi connectivity index (χ3n) is 2.11. The summed E-state index contributed by atoms with van der Waals surface area (Å²) >= 11 is 0. The zero-order chi connectivity index (χ0) is 12.0. The maximum absolute atomic E-state index is 5.42. The van der Waals surface area contributed by atoms with Gasteiger partial charge in [0.25, 0.3) is 0 Å². The number of hydrogen-bond donors (Lipinski definition) is 2. The fourth-order valence-electron chi connectivity index (χ4n) is 1.38. The van der Waals surface area contributed by atoms with Crippen LogP contribution in [-0.2, 0) is 6.42 Å². The average Bonchev–Trinajstić information content (AvgIpc) is 2.28. The lowest BCUT2D eigenvalue weighted by Crippen LogP contribution is -2.32. The molecule has 0 atom stereocenters. The Kier molecular flexibility index (Phi) is 4.79. The summed E-state index contributed by atoms with van der Waals surface area (Å²) in [7, 11) is 1.65. The Morgan fingerprint density at radius 1 is 1.38 bits per heavy atom. The van der Waals surface area contributed by atoms with Crippen molar-refractivity contribution in [2.24, 2.45) is 10.8 Å². The molecule has 0 bridgehead atoms. The fraction of sp³-hybridized carbons (Fsp3) is 0.417. The summed E-state index contributed by atoms with van der Waals surface area (Å²) in [6.45, 7) is 4.04. The highest BCUT2D eigenvalue weighted by atomic mass is 16.5. The van der Waals surface area contributed by atoms with Crippen molar-refractivity contribution >= 4 is 5.84 Å². The molecule has 0 saturated heterocycles. The normalized spacial score (nSPS) is 11.7. The van der Waals surface area contributed by atoms with Crippen molar-refractivity contribution in [3.05, 3.63) is 29.8 Å². The van der Waals surface area contributed by atoms with Gasteiger partial charge in [-0.2, -0.15) is 0 Å². The molecule has 3 N–H and O–H groups in total. The summed E-state index contributed by atoms with van der Waals surface area (Å²) in [6.07, 6.45) is 0.707. The van der Waals surface area contributed by atoms with E-state index in [1.54, 1.807) is 7.11 Å². The molecule has 4 nitrogen and oxygen atoms in total. The molecule has 0 heterocycles. The molecule has 88 valence electrons. The van der Waals surface area contributed by atoms with Gasteiger partial charge < -0.3 is 10.2 Å². The molecule has 0 radical (unpaired) electrons. The van der Waals surface area contributed by atoms with Crippen LogP contribution in [0.25, 0.3) is 0 Å². The van der Waals surface area contributed by atoms with E-state index in [9.17, 15) is 0 Å². The first-order valence-electron chi connectivity index (χ1n) is 5.32. The van der Waals surface area contributed by atoms with Gasteiger partial charge in [-0.3, -0.25) is 4.99 Å². The number of amidine groups is 1. The van der Waals surface area contributed by atoms with E-state index < -0.39 is 0 Å². The van der Waals surface area contributed by atoms with Crippen LogP contribution in [-0.4, -0.2) is 19.0 Å². The molecule has 0 aromatic heterocycles. The lowest BCUT2D eigenvalue weighted by atomic mass is 10.1. The number of nitrogens with one attached hydrogen (secondary N) is 1. The van der Waals surface area contributed by atoms with Crippen LogP contribution in [0.15, 0.2) is 29.3 Å². The number of ether oxygens (including phenoxy) is 1. The highest BCUT2D eigenvalue weighted by molar-refractivity contribution is 5.84. The molecule has 0 aliphatic rings. The number of benzene rings is 1. The minimum absolute atomic E-state index is 0.240. The first-order chi connectivity index (χ1) is 7.65. The van der Waals surface area contributed by atoms with Gasteiger partial charge in [0.1, 0.15) is 11.6 Å². The largest absolute Gasteiger partial charge is 0.497 e. The SMILES string of the molecule is COc1ccc(CC(=NC(C)C)NN)cc1. The van der Waals surface area contributed by atoms with Gasteiger partial charge in [-0.25, -0.2) is 5.84 Å². The molecular formula is C12H19N3O. The topological polar surface area (TPSA) is 59.6 Å². The minimum atomic E-state index is 0.240. The molecule has 1 aromatic rings. The van der Waals surface area contributed by atoms with Crippen LogP contribution in [0.3, 0.4) is 0 Å². The Bertz CT molecular complexity index is 344. The van der Waals surface area contributed by atoms with Crippen molar-refractivity contribution in [2.75, 3.05) is 7.11 Å². The molecule has 4 heteroatoms. The second-order valence-corrected chi connectivity index (χ2v) is 3.84. The number of nitrogens with zero attached hydrogens (tertiary/aromatic N) is 1. The standard InChI is InChI=1S/C12H19N3O/c1-9(2)14-12(15-13)8-10-4-6-11(16-3)7-5-10/h4-7,9H,8,13H2,1-3H3,(H,14,15). The number of hydrogen-bond acceptors (Lipinski definition) is 3. The van der Waals surface area contributed by atoms with Crippen LogP contribution in [0.1, 0.15) is 19.4 Å². The zero-order valence-electron chi connectivity index (χ0n) is 10.0. The van der Waals surface area contributed by atoms with Crippen LogP contribution >= 0.6 is 0 Å². The van der Waals surface area contributed by atoms with E-state index >= 15 is 0 Å². The number of hydrazine groups is 1. The van der Waals surface area contributed by atoms with Crippen LogP contribution in [0, 0.1) is 0 Å². The third-order valence-corrected chi connectivity index (χ3v) is 2.11. The van der Waals surface area contributed by atoms with Crippen molar-refractivity contribution in [2.45, 2.75) is 26.3 Å². The molecular weight excluding hydrogens is 202 g/mol. The van der Waals surface area contributed by atoms with E-state index in [1.165, 1.54) is 0 Å². The Balaban J connectivity index is 2.70. The Labute approximate surface area is 96.5 Å². The van der Waals surface area contributed by atoms with Crippen molar-refractivity contribution in [1.82, 2.24) is 5.43 Å². The monoisotopic (exact) mass is 221 g/mol. The third kappa shape index (κ3) is 3.90.